The van der Waals surface area contributed by atoms with Crippen molar-refractivity contribution in [3.05, 3.63) is 72.1 Å². The molecule has 0 radical (unpaired) electrons. The normalized spacial score (nSPS) is 10.8. The molecule has 8 nitrogen and oxygen atoms in total. The quantitative estimate of drug-likeness (QED) is 0.348. The van der Waals surface area contributed by atoms with Crippen LogP contribution >= 0.6 is 0 Å². The van der Waals surface area contributed by atoms with Crippen molar-refractivity contribution < 1.29 is 23.8 Å². The molecule has 0 fully saturated rings. The Morgan fingerprint density at radius 1 is 1.06 bits per heavy atom. The number of methoxy groups -OCH3 is 1. The second kappa shape index (κ2) is 11.5. The molecule has 3 aromatic rings. The summed E-state index contributed by atoms with van der Waals surface area (Å²) in [6.45, 7) is 4.74. The van der Waals surface area contributed by atoms with Gasteiger partial charge in [0, 0.05) is 12.7 Å². The predicted octanol–water partition coefficient (Wildman–Crippen LogP) is 4.22. The third-order valence-electron chi connectivity index (χ3n) is 4.68. The summed E-state index contributed by atoms with van der Waals surface area (Å²) in [7, 11) is 1.54. The minimum Gasteiger partial charge on any atom is -0.495 e. The summed E-state index contributed by atoms with van der Waals surface area (Å²) in [5.41, 5.74) is 1.85. The summed E-state index contributed by atoms with van der Waals surface area (Å²) < 4.78 is 18.3. The molecule has 2 aromatic carbocycles. The Kier molecular flexibility index (Phi) is 8.24. The number of nitrogens with zero attached hydrogens (tertiary/aromatic N) is 2. The van der Waals surface area contributed by atoms with Crippen LogP contribution in [0, 0.1) is 0 Å². The maximum Gasteiger partial charge on any atom is 0.262 e. The molecule has 8 heteroatoms. The van der Waals surface area contributed by atoms with Crippen LogP contribution in [0.4, 0.5) is 5.69 Å². The van der Waals surface area contributed by atoms with Gasteiger partial charge in [-0.3, -0.25) is 14.3 Å². The number of aromatic nitrogens is 2. The van der Waals surface area contributed by atoms with Crippen molar-refractivity contribution >= 4 is 23.5 Å². The number of ether oxygens (including phenoxy) is 3. The minimum atomic E-state index is -0.329. The highest BCUT2D eigenvalue weighted by molar-refractivity contribution is 6.06. The topological polar surface area (TPSA) is 91.7 Å². The number of benzene rings is 2. The molecule has 0 bridgehead atoms. The van der Waals surface area contributed by atoms with Crippen molar-refractivity contribution in [2.45, 2.75) is 20.4 Å². The van der Waals surface area contributed by atoms with Gasteiger partial charge in [0.05, 0.1) is 31.2 Å². The van der Waals surface area contributed by atoms with Crippen LogP contribution in [-0.4, -0.2) is 41.8 Å². The van der Waals surface area contributed by atoms with Gasteiger partial charge in [-0.1, -0.05) is 24.3 Å². The third-order valence-corrected chi connectivity index (χ3v) is 4.68. The van der Waals surface area contributed by atoms with Crippen LogP contribution in [0.3, 0.4) is 0 Å². The van der Waals surface area contributed by atoms with Crippen LogP contribution in [0.5, 0.6) is 17.2 Å². The smallest absolute Gasteiger partial charge is 0.262 e. The molecule has 1 N–H and O–H groups in total. The van der Waals surface area contributed by atoms with E-state index in [1.165, 1.54) is 13.2 Å². The molecular formula is C25H27N3O5. The molecule has 33 heavy (non-hydrogen) atoms. The van der Waals surface area contributed by atoms with E-state index in [1.807, 2.05) is 19.9 Å². The number of amides is 1. The molecular weight excluding hydrogens is 422 g/mol. The van der Waals surface area contributed by atoms with Gasteiger partial charge in [0.1, 0.15) is 5.75 Å². The number of aryl methyl sites for hydroxylation is 1. The lowest BCUT2D eigenvalue weighted by atomic mass is 10.1. The number of rotatable bonds is 11. The van der Waals surface area contributed by atoms with Gasteiger partial charge < -0.3 is 19.5 Å². The van der Waals surface area contributed by atoms with Gasteiger partial charge in [-0.15, -0.1) is 0 Å². The van der Waals surface area contributed by atoms with Crippen molar-refractivity contribution in [2.75, 3.05) is 25.6 Å². The van der Waals surface area contributed by atoms with E-state index in [1.54, 1.807) is 59.5 Å². The highest BCUT2D eigenvalue weighted by atomic mass is 16.5. The predicted molar refractivity (Wildman–Crippen MR) is 126 cm³/mol. The Bertz CT molecular complexity index is 1140. The second-order valence-corrected chi connectivity index (χ2v) is 6.96. The molecule has 1 amide bonds. The number of allylic oxidation sites excluding steroid dienone is 1. The number of nitrogens with one attached hydrogen (secondary N) is 1. The van der Waals surface area contributed by atoms with Gasteiger partial charge in [-0.05, 0) is 49.8 Å². The summed E-state index contributed by atoms with van der Waals surface area (Å²) in [6.07, 6.45) is 6.45. The van der Waals surface area contributed by atoms with Crippen molar-refractivity contribution in [3.8, 4) is 17.2 Å². The molecule has 1 heterocycles. The maximum absolute atomic E-state index is 12.3. The monoisotopic (exact) mass is 449 g/mol. The Morgan fingerprint density at radius 2 is 1.88 bits per heavy atom. The lowest BCUT2D eigenvalue weighted by Crippen LogP contribution is -2.20. The fourth-order valence-corrected chi connectivity index (χ4v) is 3.03. The molecule has 172 valence electrons. The highest BCUT2D eigenvalue weighted by Crippen LogP contribution is 2.29. The van der Waals surface area contributed by atoms with E-state index in [0.717, 1.165) is 5.56 Å². The molecule has 0 unspecified atom stereocenters. The zero-order chi connectivity index (χ0) is 23.6. The van der Waals surface area contributed by atoms with E-state index in [4.69, 9.17) is 14.2 Å². The fraction of sp³-hybridized carbons (Fsp3) is 0.240. The first-order chi connectivity index (χ1) is 16.0. The van der Waals surface area contributed by atoms with Crippen LogP contribution < -0.4 is 19.5 Å². The second-order valence-electron chi connectivity index (χ2n) is 6.96. The van der Waals surface area contributed by atoms with Gasteiger partial charge in [0.15, 0.2) is 23.9 Å². The number of hydrogen-bond donors (Lipinski definition) is 1. The van der Waals surface area contributed by atoms with E-state index in [0.29, 0.717) is 41.7 Å². The average molecular weight is 450 g/mol. The Morgan fingerprint density at radius 3 is 2.61 bits per heavy atom. The van der Waals surface area contributed by atoms with Crippen molar-refractivity contribution in [2.24, 2.45) is 0 Å². The van der Waals surface area contributed by atoms with Gasteiger partial charge in [0.2, 0.25) is 0 Å². The first-order valence-corrected chi connectivity index (χ1v) is 10.6. The van der Waals surface area contributed by atoms with Gasteiger partial charge in [0.25, 0.3) is 5.91 Å². The Balaban J connectivity index is 1.65. The lowest BCUT2D eigenvalue weighted by molar-refractivity contribution is -0.118. The molecule has 0 aliphatic rings. The largest absolute Gasteiger partial charge is 0.495 e. The Labute approximate surface area is 192 Å². The number of carbonyl (C=O) groups excluding carboxylic acids is 2. The van der Waals surface area contributed by atoms with Gasteiger partial charge >= 0.3 is 0 Å². The highest BCUT2D eigenvalue weighted by Gasteiger charge is 2.11. The lowest BCUT2D eigenvalue weighted by Gasteiger charge is -2.13. The maximum atomic E-state index is 12.3. The van der Waals surface area contributed by atoms with Crippen LogP contribution in [0.25, 0.3) is 6.08 Å². The van der Waals surface area contributed by atoms with E-state index in [2.05, 4.69) is 10.4 Å². The number of ketones is 1. The van der Waals surface area contributed by atoms with Crippen LogP contribution in [0.1, 0.15) is 29.8 Å². The van der Waals surface area contributed by atoms with Crippen LogP contribution in [0.2, 0.25) is 0 Å². The van der Waals surface area contributed by atoms with Crippen LogP contribution in [0.15, 0.2) is 60.9 Å². The SMILES string of the molecule is CCOc1cc(/C=C/C(=O)c2cnn(CC)c2)ccc1OCC(=O)Nc1ccccc1OC. The molecule has 0 saturated heterocycles. The van der Waals surface area contributed by atoms with Gasteiger partial charge in [-0.25, -0.2) is 0 Å². The number of para-hydroxylation sites is 2. The molecule has 1 aromatic heterocycles. The Hall–Kier alpha value is -4.07. The number of hydrogen-bond acceptors (Lipinski definition) is 6. The van der Waals surface area contributed by atoms with Crippen molar-refractivity contribution in [1.82, 2.24) is 9.78 Å². The molecule has 0 spiro atoms. The fourth-order valence-electron chi connectivity index (χ4n) is 3.03. The molecule has 0 saturated carbocycles. The summed E-state index contributed by atoms with van der Waals surface area (Å²) in [4.78, 5) is 24.7. The zero-order valence-corrected chi connectivity index (χ0v) is 18.9. The summed E-state index contributed by atoms with van der Waals surface area (Å²) in [6, 6.07) is 12.4. The zero-order valence-electron chi connectivity index (χ0n) is 18.9. The molecule has 3 rings (SSSR count). The standard InChI is InChI=1S/C25H27N3O5/c1-4-28-16-19(15-26-28)21(29)12-10-18-11-13-23(24(14-18)32-5-2)33-17-25(30)27-20-8-6-7-9-22(20)31-3/h6-16H,4-5,17H2,1-3H3,(H,27,30)/b12-10+. The molecule has 0 atom stereocenters. The van der Waals surface area contributed by atoms with E-state index in [9.17, 15) is 9.59 Å². The summed E-state index contributed by atoms with van der Waals surface area (Å²) >= 11 is 0. The van der Waals surface area contributed by atoms with Crippen molar-refractivity contribution in [3.63, 3.8) is 0 Å². The molecule has 0 aliphatic carbocycles. The van der Waals surface area contributed by atoms with E-state index < -0.39 is 0 Å². The third kappa shape index (κ3) is 6.46. The summed E-state index contributed by atoms with van der Waals surface area (Å²) in [5, 5.41) is 6.88. The van der Waals surface area contributed by atoms with Crippen molar-refractivity contribution in [1.29, 1.82) is 0 Å². The van der Waals surface area contributed by atoms with E-state index in [-0.39, 0.29) is 18.3 Å². The first-order valence-electron chi connectivity index (χ1n) is 10.6. The van der Waals surface area contributed by atoms with E-state index >= 15 is 0 Å². The first kappa shape index (κ1) is 23.6. The van der Waals surface area contributed by atoms with Gasteiger partial charge in [-0.2, -0.15) is 5.10 Å². The number of anilines is 1. The number of carbonyl (C=O) groups is 2. The average Bonchev–Trinajstić information content (AvgIpc) is 3.32. The molecule has 0 aliphatic heterocycles. The summed E-state index contributed by atoms with van der Waals surface area (Å²) in [5.74, 6) is 1.01. The minimum absolute atomic E-state index is 0.138. The van der Waals surface area contributed by atoms with Crippen LogP contribution in [-0.2, 0) is 11.3 Å².